The van der Waals surface area contributed by atoms with E-state index in [1.165, 1.54) is 5.56 Å². The van der Waals surface area contributed by atoms with Crippen LogP contribution in [0.5, 0.6) is 0 Å². The minimum atomic E-state index is 1.03. The van der Waals surface area contributed by atoms with Crippen LogP contribution in [-0.2, 0) is 0 Å². The number of rotatable bonds is 6. The maximum absolute atomic E-state index is 5.10. The van der Waals surface area contributed by atoms with Gasteiger partial charge in [0.2, 0.25) is 0 Å². The maximum Gasteiger partial charge on any atom is 0.173 e. The third-order valence-corrected chi connectivity index (χ3v) is 5.54. The molecule has 0 amide bonds. The molecule has 0 spiro atoms. The van der Waals surface area contributed by atoms with E-state index in [2.05, 4.69) is 96.4 Å². The zero-order valence-electron chi connectivity index (χ0n) is 15.4. The third kappa shape index (κ3) is 3.69. The van der Waals surface area contributed by atoms with Crippen LogP contribution in [0.2, 0.25) is 0 Å². The lowest BCUT2D eigenvalue weighted by Gasteiger charge is -2.13. The Balaban J connectivity index is 2.01. The predicted molar refractivity (Wildman–Crippen MR) is 115 cm³/mol. The normalized spacial score (nSPS) is 10.9. The van der Waals surface area contributed by atoms with E-state index in [0.29, 0.717) is 0 Å². The molecule has 0 bridgehead atoms. The molecule has 0 saturated carbocycles. The summed E-state index contributed by atoms with van der Waals surface area (Å²) in [6, 6.07) is 31.6. The number of thioether (sulfide) groups is 1. The molecule has 0 aliphatic carbocycles. The lowest BCUT2D eigenvalue weighted by Crippen LogP contribution is -1.99. The topological polar surface area (TPSA) is 17.8 Å². The third-order valence-electron chi connectivity index (χ3n) is 4.39. The van der Waals surface area contributed by atoms with Gasteiger partial charge in [0.15, 0.2) is 5.16 Å². The van der Waals surface area contributed by atoms with Gasteiger partial charge in [-0.1, -0.05) is 97.5 Å². The molecule has 0 unspecified atom stereocenters. The van der Waals surface area contributed by atoms with Gasteiger partial charge in [-0.25, -0.2) is 4.98 Å². The molecule has 0 aliphatic rings. The monoisotopic (exact) mass is 370 g/mol. The molecule has 134 valence electrons. The van der Waals surface area contributed by atoms with Gasteiger partial charge in [0, 0.05) is 22.6 Å². The van der Waals surface area contributed by atoms with Gasteiger partial charge < -0.3 is 0 Å². The highest BCUT2D eigenvalue weighted by Crippen LogP contribution is 2.38. The summed E-state index contributed by atoms with van der Waals surface area (Å²) in [4.78, 5) is 5.10. The number of nitrogens with zero attached hydrogens (tertiary/aromatic N) is 2. The number of para-hydroxylation sites is 1. The first kappa shape index (κ1) is 17.6. The summed E-state index contributed by atoms with van der Waals surface area (Å²) >= 11 is 1.82. The van der Waals surface area contributed by atoms with Crippen molar-refractivity contribution in [2.75, 3.05) is 5.75 Å². The van der Waals surface area contributed by atoms with Crippen molar-refractivity contribution in [2.45, 2.75) is 18.5 Å². The molecule has 4 aromatic rings. The van der Waals surface area contributed by atoms with E-state index in [1.807, 2.05) is 17.8 Å². The highest BCUT2D eigenvalue weighted by Gasteiger charge is 2.21. The Bertz CT molecular complexity index is 993. The van der Waals surface area contributed by atoms with Crippen molar-refractivity contribution in [2.24, 2.45) is 0 Å². The van der Waals surface area contributed by atoms with E-state index in [9.17, 15) is 0 Å². The van der Waals surface area contributed by atoms with Crippen molar-refractivity contribution in [3.63, 3.8) is 0 Å². The standard InChI is InChI=1S/C24H22N2S/c1-2-18-27-24-25-22(19-12-6-3-7-13-19)23(20-14-8-4-9-15-20)26(24)21-16-10-5-11-17-21/h3-17H,2,18H2,1H3. The molecule has 3 aromatic carbocycles. The highest BCUT2D eigenvalue weighted by molar-refractivity contribution is 7.99. The Kier molecular flexibility index (Phi) is 5.40. The first-order valence-corrected chi connectivity index (χ1v) is 10.3. The molecule has 3 heteroatoms. The van der Waals surface area contributed by atoms with E-state index >= 15 is 0 Å². The van der Waals surface area contributed by atoms with Crippen LogP contribution in [0.15, 0.2) is 96.2 Å². The predicted octanol–water partition coefficient (Wildman–Crippen LogP) is 6.71. The van der Waals surface area contributed by atoms with Gasteiger partial charge in [-0.3, -0.25) is 4.57 Å². The van der Waals surface area contributed by atoms with Crippen LogP contribution in [0, 0.1) is 0 Å². The first-order chi connectivity index (χ1) is 13.4. The lowest BCUT2D eigenvalue weighted by atomic mass is 10.0. The first-order valence-electron chi connectivity index (χ1n) is 9.30. The number of benzene rings is 3. The number of hydrogen-bond donors (Lipinski definition) is 0. The number of aromatic nitrogens is 2. The van der Waals surface area contributed by atoms with E-state index in [0.717, 1.165) is 40.0 Å². The average Bonchev–Trinajstić information content (AvgIpc) is 3.13. The minimum Gasteiger partial charge on any atom is -0.287 e. The fraction of sp³-hybridized carbons (Fsp3) is 0.125. The Morgan fingerprint density at radius 3 is 1.89 bits per heavy atom. The SMILES string of the molecule is CCCSc1nc(-c2ccccc2)c(-c2ccccc2)n1-c1ccccc1. The van der Waals surface area contributed by atoms with Crippen molar-refractivity contribution in [1.82, 2.24) is 9.55 Å². The second kappa shape index (κ2) is 8.28. The molecule has 0 atom stereocenters. The highest BCUT2D eigenvalue weighted by atomic mass is 32.2. The van der Waals surface area contributed by atoms with Crippen molar-refractivity contribution in [3.05, 3.63) is 91.0 Å². The summed E-state index contributed by atoms with van der Waals surface area (Å²) in [6.07, 6.45) is 1.12. The van der Waals surface area contributed by atoms with Gasteiger partial charge in [0.05, 0.1) is 11.4 Å². The zero-order valence-corrected chi connectivity index (χ0v) is 16.2. The maximum atomic E-state index is 5.10. The van der Waals surface area contributed by atoms with Gasteiger partial charge in [-0.05, 0) is 18.6 Å². The van der Waals surface area contributed by atoms with E-state index in [-0.39, 0.29) is 0 Å². The van der Waals surface area contributed by atoms with Crippen LogP contribution in [0.4, 0.5) is 0 Å². The van der Waals surface area contributed by atoms with Gasteiger partial charge in [0.1, 0.15) is 0 Å². The summed E-state index contributed by atoms with van der Waals surface area (Å²) in [5.41, 5.74) is 5.64. The Morgan fingerprint density at radius 1 is 0.741 bits per heavy atom. The average molecular weight is 371 g/mol. The zero-order chi connectivity index (χ0) is 18.5. The summed E-state index contributed by atoms with van der Waals surface area (Å²) in [6.45, 7) is 2.21. The smallest absolute Gasteiger partial charge is 0.173 e. The fourth-order valence-corrected chi connectivity index (χ4v) is 4.03. The van der Waals surface area contributed by atoms with Crippen LogP contribution >= 0.6 is 11.8 Å². The molecule has 0 radical (unpaired) electrons. The molecular formula is C24H22N2S. The second-order valence-electron chi connectivity index (χ2n) is 6.34. The lowest BCUT2D eigenvalue weighted by molar-refractivity contribution is 0.898. The van der Waals surface area contributed by atoms with Gasteiger partial charge >= 0.3 is 0 Å². The molecule has 0 N–H and O–H groups in total. The van der Waals surface area contributed by atoms with Gasteiger partial charge in [0.25, 0.3) is 0 Å². The van der Waals surface area contributed by atoms with Crippen LogP contribution < -0.4 is 0 Å². The molecule has 0 aliphatic heterocycles. The Hall–Kier alpha value is -2.78. The van der Waals surface area contributed by atoms with E-state index in [1.54, 1.807) is 0 Å². The van der Waals surface area contributed by atoms with Crippen molar-refractivity contribution in [1.29, 1.82) is 0 Å². The molecule has 0 saturated heterocycles. The van der Waals surface area contributed by atoms with E-state index in [4.69, 9.17) is 4.98 Å². The summed E-state index contributed by atoms with van der Waals surface area (Å²) in [7, 11) is 0. The fourth-order valence-electron chi connectivity index (χ4n) is 3.17. The summed E-state index contributed by atoms with van der Waals surface area (Å²) in [5, 5.41) is 1.04. The Labute approximate surface area is 164 Å². The quantitative estimate of drug-likeness (QED) is 0.351. The van der Waals surface area contributed by atoms with Crippen molar-refractivity contribution >= 4 is 11.8 Å². The molecule has 1 aromatic heterocycles. The minimum absolute atomic E-state index is 1.03. The molecular weight excluding hydrogens is 348 g/mol. The van der Waals surface area contributed by atoms with Crippen LogP contribution in [-0.4, -0.2) is 15.3 Å². The molecule has 2 nitrogen and oxygen atoms in total. The number of imidazole rings is 1. The van der Waals surface area contributed by atoms with Crippen LogP contribution in [0.25, 0.3) is 28.2 Å². The van der Waals surface area contributed by atoms with Gasteiger partial charge in [-0.15, -0.1) is 0 Å². The summed E-state index contributed by atoms with van der Waals surface area (Å²) in [5.74, 6) is 1.05. The molecule has 1 heterocycles. The van der Waals surface area contributed by atoms with Gasteiger partial charge in [-0.2, -0.15) is 0 Å². The molecule has 0 fully saturated rings. The van der Waals surface area contributed by atoms with Crippen LogP contribution in [0.1, 0.15) is 13.3 Å². The second-order valence-corrected chi connectivity index (χ2v) is 7.41. The number of hydrogen-bond acceptors (Lipinski definition) is 2. The Morgan fingerprint density at radius 2 is 1.30 bits per heavy atom. The van der Waals surface area contributed by atoms with Crippen molar-refractivity contribution < 1.29 is 0 Å². The summed E-state index contributed by atoms with van der Waals surface area (Å²) < 4.78 is 2.30. The van der Waals surface area contributed by atoms with E-state index < -0.39 is 0 Å². The van der Waals surface area contributed by atoms with Crippen molar-refractivity contribution in [3.8, 4) is 28.2 Å². The molecule has 27 heavy (non-hydrogen) atoms. The van der Waals surface area contributed by atoms with Crippen LogP contribution in [0.3, 0.4) is 0 Å². The largest absolute Gasteiger partial charge is 0.287 e. The molecule has 4 rings (SSSR count).